The molecular formula is C26H20N6O7S2. The number of ether oxygens (including phenoxy) is 1. The maximum Gasteiger partial charge on any atom is 0.338 e. The lowest BCUT2D eigenvalue weighted by Gasteiger charge is -2.11. The van der Waals surface area contributed by atoms with Crippen LogP contribution < -0.4 is 0 Å². The van der Waals surface area contributed by atoms with Crippen LogP contribution in [-0.2, 0) is 14.3 Å². The van der Waals surface area contributed by atoms with Crippen LogP contribution >= 0.6 is 23.5 Å². The van der Waals surface area contributed by atoms with Gasteiger partial charge in [0.05, 0.1) is 29.7 Å². The summed E-state index contributed by atoms with van der Waals surface area (Å²) in [6.45, 7) is 0. The number of H-pyrrole nitrogens is 2. The first kappa shape index (κ1) is 27.7. The van der Waals surface area contributed by atoms with Crippen molar-refractivity contribution in [3.63, 3.8) is 0 Å². The van der Waals surface area contributed by atoms with Gasteiger partial charge in [0.15, 0.2) is 11.6 Å². The molecule has 15 heteroatoms. The van der Waals surface area contributed by atoms with Gasteiger partial charge in [0.2, 0.25) is 10.3 Å². The number of carboxylic acids is 2. The third kappa shape index (κ3) is 6.00. The lowest BCUT2D eigenvalue weighted by molar-refractivity contribution is -0.134. The zero-order valence-electron chi connectivity index (χ0n) is 21.1. The van der Waals surface area contributed by atoms with Gasteiger partial charge in [-0.2, -0.15) is 0 Å². The standard InChI is InChI=1S/C26H20N6O7S2/c1-39-24(38)17-9-14(4-6-15(17)22-27-25(31-29-22)40-10-19(34)35)13-3-2-12-5-7-18(33)21(16(12)8-13)23-28-26(32-30-23)41-11-20(36)37/h2-9,33H,10-11H2,1H3,(H,34,35)(H,36,37)(H,27,29,31)(H,28,30,32). The maximum atomic E-state index is 12.7. The summed E-state index contributed by atoms with van der Waals surface area (Å²) in [7, 11) is 1.26. The van der Waals surface area contributed by atoms with Gasteiger partial charge in [-0.1, -0.05) is 47.8 Å². The van der Waals surface area contributed by atoms with Crippen molar-refractivity contribution in [1.29, 1.82) is 0 Å². The van der Waals surface area contributed by atoms with Gasteiger partial charge in [-0.3, -0.25) is 19.8 Å². The minimum absolute atomic E-state index is 0.0481. The molecule has 0 aliphatic heterocycles. The van der Waals surface area contributed by atoms with Crippen LogP contribution in [0.5, 0.6) is 5.75 Å². The number of rotatable bonds is 10. The number of phenolic OH excluding ortho intramolecular Hbond substituents is 1. The number of aromatic nitrogens is 6. The number of nitrogens with one attached hydrogen (secondary N) is 2. The Morgan fingerprint density at radius 1 is 0.829 bits per heavy atom. The first-order valence-electron chi connectivity index (χ1n) is 11.8. The molecule has 0 amide bonds. The van der Waals surface area contributed by atoms with E-state index in [1.54, 1.807) is 24.3 Å². The second-order valence-corrected chi connectivity index (χ2v) is 10.3. The molecule has 0 spiro atoms. The highest BCUT2D eigenvalue weighted by atomic mass is 32.2. The molecule has 0 aliphatic rings. The van der Waals surface area contributed by atoms with Crippen LogP contribution in [-0.4, -0.2) is 82.2 Å². The van der Waals surface area contributed by atoms with Gasteiger partial charge in [0.25, 0.3) is 0 Å². The van der Waals surface area contributed by atoms with E-state index in [9.17, 15) is 19.5 Å². The number of carboxylic acid groups (broad SMARTS) is 2. The fourth-order valence-electron chi connectivity index (χ4n) is 4.05. The molecule has 2 heterocycles. The van der Waals surface area contributed by atoms with Gasteiger partial charge >= 0.3 is 17.9 Å². The van der Waals surface area contributed by atoms with Crippen LogP contribution in [0, 0.1) is 0 Å². The smallest absolute Gasteiger partial charge is 0.338 e. The lowest BCUT2D eigenvalue weighted by atomic mass is 9.95. The average molecular weight is 593 g/mol. The van der Waals surface area contributed by atoms with Crippen molar-refractivity contribution in [2.75, 3.05) is 18.6 Å². The van der Waals surface area contributed by atoms with E-state index in [-0.39, 0.29) is 44.8 Å². The third-order valence-electron chi connectivity index (χ3n) is 5.83. The second-order valence-electron chi connectivity index (χ2n) is 8.45. The number of nitrogens with zero attached hydrogens (tertiary/aromatic N) is 4. The summed E-state index contributed by atoms with van der Waals surface area (Å²) in [4.78, 5) is 43.2. The number of thioether (sulfide) groups is 2. The summed E-state index contributed by atoms with van der Waals surface area (Å²) in [5, 5.41) is 44.0. The molecule has 0 aliphatic carbocycles. The highest BCUT2D eigenvalue weighted by Crippen LogP contribution is 2.38. The average Bonchev–Trinajstić information content (AvgIpc) is 3.64. The zero-order valence-corrected chi connectivity index (χ0v) is 22.7. The zero-order chi connectivity index (χ0) is 29.1. The lowest BCUT2D eigenvalue weighted by Crippen LogP contribution is -2.04. The number of hydrogen-bond donors (Lipinski definition) is 5. The van der Waals surface area contributed by atoms with Crippen molar-refractivity contribution >= 4 is 52.2 Å². The molecule has 13 nitrogen and oxygen atoms in total. The second kappa shape index (κ2) is 11.7. The van der Waals surface area contributed by atoms with Crippen molar-refractivity contribution in [2.45, 2.75) is 10.3 Å². The Bertz CT molecular complexity index is 1800. The van der Waals surface area contributed by atoms with E-state index in [0.717, 1.165) is 34.5 Å². The predicted molar refractivity (Wildman–Crippen MR) is 150 cm³/mol. The fourth-order valence-corrected chi connectivity index (χ4v) is 5.09. The number of aliphatic carboxylic acids is 2. The molecule has 0 bridgehead atoms. The summed E-state index contributed by atoms with van der Waals surface area (Å²) >= 11 is 1.89. The molecule has 0 atom stereocenters. The number of carbonyl (C=O) groups excluding carboxylic acids is 1. The molecule has 41 heavy (non-hydrogen) atoms. The molecule has 5 rings (SSSR count). The molecule has 208 valence electrons. The number of benzene rings is 3. The van der Waals surface area contributed by atoms with Crippen molar-refractivity contribution in [3.8, 4) is 39.7 Å². The molecule has 5 N–H and O–H groups in total. The SMILES string of the molecule is COC(=O)c1cc(-c2ccc3ccc(O)c(-c4nc(SCC(=O)O)n[nH]4)c3c2)ccc1-c1nc(SCC(=O)O)n[nH]1. The number of fused-ring (bicyclic) bond motifs is 1. The molecule has 0 saturated heterocycles. The van der Waals surface area contributed by atoms with Crippen LogP contribution in [0.3, 0.4) is 0 Å². The highest BCUT2D eigenvalue weighted by molar-refractivity contribution is 8.00. The Hall–Kier alpha value is -4.89. The van der Waals surface area contributed by atoms with Crippen LogP contribution in [0.1, 0.15) is 10.4 Å². The Balaban J connectivity index is 1.55. The summed E-state index contributed by atoms with van der Waals surface area (Å²) < 4.78 is 5.00. The monoisotopic (exact) mass is 592 g/mol. The van der Waals surface area contributed by atoms with E-state index < -0.39 is 17.9 Å². The largest absolute Gasteiger partial charge is 0.507 e. The number of aromatic amines is 2. The highest BCUT2D eigenvalue weighted by Gasteiger charge is 2.20. The van der Waals surface area contributed by atoms with Gasteiger partial charge in [0.1, 0.15) is 5.75 Å². The molecule has 0 radical (unpaired) electrons. The quantitative estimate of drug-likeness (QED) is 0.115. The van der Waals surface area contributed by atoms with Gasteiger partial charge in [-0.05, 0) is 46.2 Å². The number of carbonyl (C=O) groups is 3. The number of aromatic hydroxyl groups is 1. The van der Waals surface area contributed by atoms with Crippen molar-refractivity contribution in [2.24, 2.45) is 0 Å². The first-order chi connectivity index (χ1) is 19.7. The Morgan fingerprint density at radius 2 is 1.41 bits per heavy atom. The third-order valence-corrected chi connectivity index (χ3v) is 7.49. The van der Waals surface area contributed by atoms with E-state index in [1.165, 1.54) is 13.2 Å². The number of hydrogen-bond acceptors (Lipinski definition) is 11. The molecule has 5 aromatic rings. The minimum atomic E-state index is -1.01. The van der Waals surface area contributed by atoms with E-state index >= 15 is 0 Å². The Morgan fingerprint density at radius 3 is 2.07 bits per heavy atom. The van der Waals surface area contributed by atoms with Crippen LogP contribution in [0.4, 0.5) is 0 Å². The van der Waals surface area contributed by atoms with Crippen LogP contribution in [0.15, 0.2) is 58.8 Å². The van der Waals surface area contributed by atoms with Gasteiger partial charge in [0, 0.05) is 5.56 Å². The fraction of sp³-hybridized carbons (Fsp3) is 0.115. The van der Waals surface area contributed by atoms with E-state index in [2.05, 4.69) is 30.4 Å². The Kier molecular flexibility index (Phi) is 7.89. The predicted octanol–water partition coefficient (Wildman–Crippen LogP) is 3.92. The minimum Gasteiger partial charge on any atom is -0.507 e. The van der Waals surface area contributed by atoms with E-state index in [0.29, 0.717) is 22.1 Å². The molecular weight excluding hydrogens is 572 g/mol. The first-order valence-corrected chi connectivity index (χ1v) is 13.7. The maximum absolute atomic E-state index is 12.7. The number of esters is 1. The van der Waals surface area contributed by atoms with Crippen LogP contribution in [0.2, 0.25) is 0 Å². The van der Waals surface area contributed by atoms with Crippen molar-refractivity contribution in [3.05, 3.63) is 54.1 Å². The Labute approximate surface area is 239 Å². The summed E-state index contributed by atoms with van der Waals surface area (Å²) in [6, 6.07) is 14.0. The van der Waals surface area contributed by atoms with Crippen molar-refractivity contribution < 1.29 is 34.4 Å². The van der Waals surface area contributed by atoms with Gasteiger partial charge < -0.3 is 20.1 Å². The van der Waals surface area contributed by atoms with Gasteiger partial charge in [-0.15, -0.1) is 10.2 Å². The number of phenols is 1. The van der Waals surface area contributed by atoms with Gasteiger partial charge in [-0.25, -0.2) is 14.8 Å². The van der Waals surface area contributed by atoms with E-state index in [1.807, 2.05) is 18.2 Å². The van der Waals surface area contributed by atoms with E-state index in [4.69, 9.17) is 14.9 Å². The molecule has 0 unspecified atom stereocenters. The number of methoxy groups -OCH3 is 1. The summed E-state index contributed by atoms with van der Waals surface area (Å²) in [5.74, 6) is -2.54. The van der Waals surface area contributed by atoms with Crippen molar-refractivity contribution in [1.82, 2.24) is 30.4 Å². The molecule has 2 aromatic heterocycles. The topological polar surface area (TPSA) is 204 Å². The van der Waals surface area contributed by atoms with Crippen LogP contribution in [0.25, 0.3) is 44.7 Å². The molecule has 0 saturated carbocycles. The summed E-state index contributed by atoms with van der Waals surface area (Å²) in [5.41, 5.74) is 2.40. The molecule has 3 aromatic carbocycles. The molecule has 0 fully saturated rings. The normalized spacial score (nSPS) is 11.0. The summed E-state index contributed by atoms with van der Waals surface area (Å²) in [6.07, 6.45) is 0.